The first-order valence-corrected chi connectivity index (χ1v) is 6.99. The van der Waals surface area contributed by atoms with E-state index >= 15 is 0 Å². The average Bonchev–Trinajstić information content (AvgIpc) is 2.41. The SMILES string of the molecule is Cc1cnc(Sc2cc(C(=O)O)cc(C(C)C)n2)nc1. The standard InChI is InChI=1S/C14H15N3O2S/c1-8(2)11-4-10(13(18)19)5-12(17-11)20-14-15-6-9(3)7-16-14/h4-8H,1-3H3,(H,18,19). The van der Waals surface area contributed by atoms with Crippen molar-refractivity contribution in [2.75, 3.05) is 0 Å². The van der Waals surface area contributed by atoms with Crippen molar-refractivity contribution in [1.82, 2.24) is 15.0 Å². The van der Waals surface area contributed by atoms with Crippen LogP contribution in [0.25, 0.3) is 0 Å². The molecule has 0 saturated heterocycles. The Hall–Kier alpha value is -1.95. The molecule has 0 saturated carbocycles. The predicted octanol–water partition coefficient (Wildman–Crippen LogP) is 3.15. The minimum absolute atomic E-state index is 0.160. The molecule has 0 aliphatic carbocycles. The molecule has 6 heteroatoms. The molecular formula is C14H15N3O2S. The van der Waals surface area contributed by atoms with E-state index in [1.54, 1.807) is 24.5 Å². The predicted molar refractivity (Wildman–Crippen MR) is 76.2 cm³/mol. The Morgan fingerprint density at radius 2 is 1.90 bits per heavy atom. The zero-order valence-electron chi connectivity index (χ0n) is 11.5. The molecular weight excluding hydrogens is 274 g/mol. The molecule has 5 nitrogen and oxygen atoms in total. The summed E-state index contributed by atoms with van der Waals surface area (Å²) in [4.78, 5) is 24.0. The van der Waals surface area contributed by atoms with Crippen LogP contribution in [0, 0.1) is 6.92 Å². The monoisotopic (exact) mass is 289 g/mol. The number of aromatic nitrogens is 3. The second-order valence-electron chi connectivity index (χ2n) is 4.72. The molecule has 2 rings (SSSR count). The van der Waals surface area contributed by atoms with E-state index in [4.69, 9.17) is 5.11 Å². The minimum atomic E-state index is -0.957. The van der Waals surface area contributed by atoms with Crippen LogP contribution in [0.3, 0.4) is 0 Å². The number of nitrogens with zero attached hydrogens (tertiary/aromatic N) is 3. The van der Waals surface area contributed by atoms with Crippen LogP contribution in [-0.2, 0) is 0 Å². The minimum Gasteiger partial charge on any atom is -0.478 e. The van der Waals surface area contributed by atoms with Crippen molar-refractivity contribution >= 4 is 17.7 Å². The lowest BCUT2D eigenvalue weighted by atomic mass is 10.1. The lowest BCUT2D eigenvalue weighted by Crippen LogP contribution is -2.02. The third kappa shape index (κ3) is 3.54. The maximum absolute atomic E-state index is 11.2. The van der Waals surface area contributed by atoms with Gasteiger partial charge >= 0.3 is 5.97 Å². The summed E-state index contributed by atoms with van der Waals surface area (Å²) in [5.41, 5.74) is 1.96. The Labute approximate surface area is 121 Å². The van der Waals surface area contributed by atoms with E-state index in [1.807, 2.05) is 20.8 Å². The van der Waals surface area contributed by atoms with Crippen molar-refractivity contribution in [3.05, 3.63) is 41.3 Å². The summed E-state index contributed by atoms with van der Waals surface area (Å²) >= 11 is 1.26. The van der Waals surface area contributed by atoms with Crippen molar-refractivity contribution < 1.29 is 9.90 Å². The van der Waals surface area contributed by atoms with Crippen molar-refractivity contribution in [2.24, 2.45) is 0 Å². The number of carboxylic acid groups (broad SMARTS) is 1. The van der Waals surface area contributed by atoms with E-state index in [2.05, 4.69) is 15.0 Å². The van der Waals surface area contributed by atoms with Crippen molar-refractivity contribution in [2.45, 2.75) is 36.9 Å². The maximum atomic E-state index is 11.2. The van der Waals surface area contributed by atoms with Gasteiger partial charge in [0, 0.05) is 18.1 Å². The van der Waals surface area contributed by atoms with Gasteiger partial charge in [0.2, 0.25) is 0 Å². The second kappa shape index (κ2) is 6.00. The third-order valence-electron chi connectivity index (χ3n) is 2.61. The van der Waals surface area contributed by atoms with Gasteiger partial charge in [0.15, 0.2) is 5.16 Å². The molecule has 104 valence electrons. The first kappa shape index (κ1) is 14.5. The number of aryl methyl sites for hydroxylation is 1. The molecule has 0 radical (unpaired) electrons. The quantitative estimate of drug-likeness (QED) is 0.871. The Kier molecular flexibility index (Phi) is 4.34. The third-order valence-corrected chi connectivity index (χ3v) is 3.42. The average molecular weight is 289 g/mol. The van der Waals surface area contributed by atoms with E-state index in [9.17, 15) is 4.79 Å². The number of pyridine rings is 1. The number of hydrogen-bond acceptors (Lipinski definition) is 5. The van der Waals surface area contributed by atoms with Crippen molar-refractivity contribution in [3.8, 4) is 0 Å². The Morgan fingerprint density at radius 3 is 2.45 bits per heavy atom. The van der Waals surface area contributed by atoms with Crippen LogP contribution in [-0.4, -0.2) is 26.0 Å². The first-order chi connectivity index (χ1) is 9.45. The molecule has 0 aliphatic heterocycles. The van der Waals surface area contributed by atoms with Gasteiger partial charge in [-0.25, -0.2) is 19.7 Å². The highest BCUT2D eigenvalue weighted by molar-refractivity contribution is 7.99. The summed E-state index contributed by atoms with van der Waals surface area (Å²) in [6.07, 6.45) is 3.44. The van der Waals surface area contributed by atoms with E-state index in [1.165, 1.54) is 11.8 Å². The topological polar surface area (TPSA) is 76.0 Å². The van der Waals surface area contributed by atoms with Gasteiger partial charge in [-0.15, -0.1) is 0 Å². The van der Waals surface area contributed by atoms with Crippen LogP contribution in [0.4, 0.5) is 0 Å². The summed E-state index contributed by atoms with van der Waals surface area (Å²) in [6.45, 7) is 5.87. The van der Waals surface area contributed by atoms with Crippen LogP contribution in [0.1, 0.15) is 41.4 Å². The van der Waals surface area contributed by atoms with Crippen LogP contribution < -0.4 is 0 Å². The smallest absolute Gasteiger partial charge is 0.335 e. The van der Waals surface area contributed by atoms with Crippen molar-refractivity contribution in [1.29, 1.82) is 0 Å². The largest absolute Gasteiger partial charge is 0.478 e. The molecule has 0 aromatic carbocycles. The van der Waals surface area contributed by atoms with Crippen molar-refractivity contribution in [3.63, 3.8) is 0 Å². The highest BCUT2D eigenvalue weighted by Gasteiger charge is 2.12. The van der Waals surface area contributed by atoms with Gasteiger partial charge in [-0.3, -0.25) is 0 Å². The fourth-order valence-electron chi connectivity index (χ4n) is 1.52. The fraction of sp³-hybridized carbons (Fsp3) is 0.286. The van der Waals surface area contributed by atoms with Crippen LogP contribution in [0.5, 0.6) is 0 Å². The zero-order chi connectivity index (χ0) is 14.7. The van der Waals surface area contributed by atoms with Crippen LogP contribution in [0.2, 0.25) is 0 Å². The van der Waals surface area contributed by atoms with E-state index in [-0.39, 0.29) is 11.5 Å². The molecule has 0 amide bonds. The van der Waals surface area contributed by atoms with Gasteiger partial charge in [0.1, 0.15) is 5.03 Å². The van der Waals surface area contributed by atoms with Gasteiger partial charge in [-0.05, 0) is 42.3 Å². The molecule has 0 spiro atoms. The van der Waals surface area contributed by atoms with Gasteiger partial charge in [0.05, 0.1) is 5.56 Å². The number of rotatable bonds is 4. The summed E-state index contributed by atoms with van der Waals surface area (Å²) in [5.74, 6) is -0.798. The highest BCUT2D eigenvalue weighted by Crippen LogP contribution is 2.26. The van der Waals surface area contributed by atoms with Gasteiger partial charge in [0.25, 0.3) is 0 Å². The molecule has 0 fully saturated rings. The molecule has 0 bridgehead atoms. The van der Waals surface area contributed by atoms with E-state index in [0.29, 0.717) is 10.2 Å². The number of hydrogen-bond donors (Lipinski definition) is 1. The number of carboxylic acids is 1. The van der Waals surface area contributed by atoms with Crippen LogP contribution in [0.15, 0.2) is 34.7 Å². The van der Waals surface area contributed by atoms with E-state index in [0.717, 1.165) is 11.3 Å². The fourth-order valence-corrected chi connectivity index (χ4v) is 2.26. The normalized spacial score (nSPS) is 10.8. The first-order valence-electron chi connectivity index (χ1n) is 6.17. The maximum Gasteiger partial charge on any atom is 0.335 e. The molecule has 0 aliphatic rings. The Balaban J connectivity index is 2.35. The lowest BCUT2D eigenvalue weighted by Gasteiger charge is -2.08. The summed E-state index contributed by atoms with van der Waals surface area (Å²) < 4.78 is 0. The Bertz CT molecular complexity index is 627. The van der Waals surface area contributed by atoms with Crippen LogP contribution >= 0.6 is 11.8 Å². The molecule has 1 N–H and O–H groups in total. The van der Waals surface area contributed by atoms with Gasteiger partial charge < -0.3 is 5.11 Å². The lowest BCUT2D eigenvalue weighted by molar-refractivity contribution is 0.0696. The molecule has 20 heavy (non-hydrogen) atoms. The Morgan fingerprint density at radius 1 is 1.25 bits per heavy atom. The number of aromatic carboxylic acids is 1. The van der Waals surface area contributed by atoms with E-state index < -0.39 is 5.97 Å². The summed E-state index contributed by atoms with van der Waals surface area (Å²) in [5, 5.41) is 10.3. The molecule has 0 atom stereocenters. The second-order valence-corrected chi connectivity index (χ2v) is 5.71. The van der Waals surface area contributed by atoms with Gasteiger partial charge in [-0.2, -0.15) is 0 Å². The summed E-state index contributed by atoms with van der Waals surface area (Å²) in [6, 6.07) is 3.15. The van der Waals surface area contributed by atoms with Gasteiger partial charge in [-0.1, -0.05) is 13.8 Å². The molecule has 2 heterocycles. The molecule has 0 unspecified atom stereocenters. The highest BCUT2D eigenvalue weighted by atomic mass is 32.2. The summed E-state index contributed by atoms with van der Waals surface area (Å²) in [7, 11) is 0. The number of carbonyl (C=O) groups is 1. The zero-order valence-corrected chi connectivity index (χ0v) is 12.3. The molecule has 2 aromatic rings. The molecule has 2 aromatic heterocycles.